The highest BCUT2D eigenvalue weighted by Crippen LogP contribution is 2.34. The highest BCUT2D eigenvalue weighted by atomic mass is 127. The van der Waals surface area contributed by atoms with Crippen molar-refractivity contribution < 1.29 is 9.47 Å². The summed E-state index contributed by atoms with van der Waals surface area (Å²) in [6.45, 7) is 3.23. The molecule has 0 spiro atoms. The molecule has 164 valence electrons. The fraction of sp³-hybridized carbons (Fsp3) is 0.167. The second-order valence-electron chi connectivity index (χ2n) is 6.95. The summed E-state index contributed by atoms with van der Waals surface area (Å²) in [5, 5.41) is 5.07. The van der Waals surface area contributed by atoms with Crippen molar-refractivity contribution in [1.82, 2.24) is 9.55 Å². The molecular weight excluding hydrogens is 539 g/mol. The van der Waals surface area contributed by atoms with Crippen molar-refractivity contribution in [1.29, 1.82) is 0 Å². The maximum absolute atomic E-state index is 6.24. The Morgan fingerprint density at radius 2 is 1.94 bits per heavy atom. The van der Waals surface area contributed by atoms with Crippen molar-refractivity contribution in [3.63, 3.8) is 0 Å². The van der Waals surface area contributed by atoms with Gasteiger partial charge in [0, 0.05) is 17.1 Å². The third-order valence-corrected chi connectivity index (χ3v) is 6.10. The van der Waals surface area contributed by atoms with E-state index in [1.165, 1.54) is 0 Å². The number of rotatable bonds is 8. The first-order chi connectivity index (χ1) is 15.6. The number of imidazole rings is 1. The summed E-state index contributed by atoms with van der Waals surface area (Å²) >= 11 is 8.47. The Hall–Kier alpha value is -2.78. The van der Waals surface area contributed by atoms with Crippen LogP contribution in [0.2, 0.25) is 5.02 Å². The number of aromatic nitrogens is 2. The number of ether oxygens (including phenoxy) is 2. The summed E-state index contributed by atoms with van der Waals surface area (Å²) in [6.07, 6.45) is 1.74. The van der Waals surface area contributed by atoms with Gasteiger partial charge in [0.2, 0.25) is 5.95 Å². The molecule has 0 bridgehead atoms. The lowest BCUT2D eigenvalue weighted by Gasteiger charge is -2.14. The van der Waals surface area contributed by atoms with Crippen LogP contribution >= 0.6 is 34.2 Å². The summed E-state index contributed by atoms with van der Waals surface area (Å²) in [5.74, 6) is 2.00. The van der Waals surface area contributed by atoms with Gasteiger partial charge in [0.05, 0.1) is 27.9 Å². The smallest absolute Gasteiger partial charge is 0.224 e. The van der Waals surface area contributed by atoms with Crippen LogP contribution in [0.5, 0.6) is 11.5 Å². The molecule has 0 aliphatic carbocycles. The van der Waals surface area contributed by atoms with Crippen LogP contribution in [0.25, 0.3) is 11.0 Å². The number of halogens is 2. The van der Waals surface area contributed by atoms with Crippen LogP contribution in [-0.2, 0) is 13.2 Å². The van der Waals surface area contributed by atoms with E-state index in [0.717, 1.165) is 32.3 Å². The average molecular weight is 561 g/mol. The summed E-state index contributed by atoms with van der Waals surface area (Å²) in [4.78, 5) is 4.62. The largest absolute Gasteiger partial charge is 0.493 e. The first kappa shape index (κ1) is 22.4. The highest BCUT2D eigenvalue weighted by Gasteiger charge is 2.13. The minimum Gasteiger partial charge on any atom is -0.493 e. The Kier molecular flexibility index (Phi) is 7.16. The zero-order chi connectivity index (χ0) is 22.5. The molecular formula is C24H22ClIN4O2. The predicted molar refractivity (Wildman–Crippen MR) is 138 cm³/mol. The van der Waals surface area contributed by atoms with Crippen LogP contribution in [0, 0.1) is 3.57 Å². The number of anilines is 1. The Morgan fingerprint density at radius 1 is 1.16 bits per heavy atom. The minimum atomic E-state index is 0.355. The Labute approximate surface area is 205 Å². The van der Waals surface area contributed by atoms with Gasteiger partial charge in [0.25, 0.3) is 0 Å². The molecule has 0 aliphatic rings. The predicted octanol–water partition coefficient (Wildman–Crippen LogP) is 6.35. The van der Waals surface area contributed by atoms with Crippen LogP contribution in [0.3, 0.4) is 0 Å². The standard InChI is InChI=1S/C24H22ClIN4O2/c1-3-30-21-11-7-6-10-20(21)28-24(30)29-27-14-16-12-19(26)23(22(13-16)31-2)32-15-17-8-4-5-9-18(17)25/h4-14H,3,15H2,1-2H3,(H,28,29)/b27-14-. The van der Waals surface area contributed by atoms with Crippen molar-refractivity contribution in [2.75, 3.05) is 12.5 Å². The Balaban J connectivity index is 1.52. The van der Waals surface area contributed by atoms with Gasteiger partial charge in [-0.1, -0.05) is 41.9 Å². The maximum atomic E-state index is 6.24. The molecule has 0 saturated heterocycles. The van der Waals surface area contributed by atoms with Gasteiger partial charge in [-0.3, -0.25) is 0 Å². The van der Waals surface area contributed by atoms with E-state index >= 15 is 0 Å². The number of fused-ring (bicyclic) bond motifs is 1. The number of aryl methyl sites for hydroxylation is 1. The fourth-order valence-electron chi connectivity index (χ4n) is 3.37. The quantitative estimate of drug-likeness (QED) is 0.155. The lowest BCUT2D eigenvalue weighted by Crippen LogP contribution is -2.03. The monoisotopic (exact) mass is 560 g/mol. The van der Waals surface area contributed by atoms with Crippen molar-refractivity contribution in [2.45, 2.75) is 20.1 Å². The van der Waals surface area contributed by atoms with Crippen LogP contribution < -0.4 is 14.9 Å². The van der Waals surface area contributed by atoms with Crippen LogP contribution in [0.15, 0.2) is 65.8 Å². The van der Waals surface area contributed by atoms with E-state index in [1.54, 1.807) is 13.3 Å². The van der Waals surface area contributed by atoms with E-state index in [0.29, 0.717) is 29.1 Å². The Bertz CT molecular complexity index is 1270. The fourth-order valence-corrected chi connectivity index (χ4v) is 4.34. The molecule has 1 aromatic heterocycles. The normalized spacial score (nSPS) is 11.2. The molecule has 0 fully saturated rings. The highest BCUT2D eigenvalue weighted by molar-refractivity contribution is 14.1. The van der Waals surface area contributed by atoms with E-state index in [4.69, 9.17) is 21.1 Å². The number of nitrogens with zero attached hydrogens (tertiary/aromatic N) is 3. The van der Waals surface area contributed by atoms with E-state index in [2.05, 4.69) is 55.7 Å². The zero-order valence-corrected chi connectivity index (χ0v) is 20.6. The van der Waals surface area contributed by atoms with Crippen molar-refractivity contribution in [3.8, 4) is 11.5 Å². The molecule has 32 heavy (non-hydrogen) atoms. The van der Waals surface area contributed by atoms with Crippen molar-refractivity contribution in [3.05, 3.63) is 80.4 Å². The number of hydrogen-bond acceptors (Lipinski definition) is 5. The molecule has 0 aliphatic heterocycles. The molecule has 4 rings (SSSR count). The van der Waals surface area contributed by atoms with Gasteiger partial charge in [-0.15, -0.1) is 0 Å². The first-order valence-corrected chi connectivity index (χ1v) is 11.5. The molecule has 0 radical (unpaired) electrons. The number of para-hydroxylation sites is 2. The van der Waals surface area contributed by atoms with Gasteiger partial charge in [0.15, 0.2) is 11.5 Å². The van der Waals surface area contributed by atoms with E-state index in [1.807, 2.05) is 54.6 Å². The van der Waals surface area contributed by atoms with Crippen LogP contribution in [0.1, 0.15) is 18.1 Å². The average Bonchev–Trinajstić information content (AvgIpc) is 3.16. The van der Waals surface area contributed by atoms with Gasteiger partial charge in [-0.25, -0.2) is 10.4 Å². The second-order valence-corrected chi connectivity index (χ2v) is 8.52. The molecule has 0 unspecified atom stereocenters. The summed E-state index contributed by atoms with van der Waals surface area (Å²) in [5.41, 5.74) is 6.86. The van der Waals surface area contributed by atoms with Gasteiger partial charge in [0.1, 0.15) is 6.61 Å². The number of benzene rings is 3. The molecule has 8 heteroatoms. The molecule has 4 aromatic rings. The lowest BCUT2D eigenvalue weighted by molar-refractivity contribution is 0.282. The number of nitrogens with one attached hydrogen (secondary N) is 1. The summed E-state index contributed by atoms with van der Waals surface area (Å²) in [7, 11) is 1.62. The zero-order valence-electron chi connectivity index (χ0n) is 17.7. The second kappa shape index (κ2) is 10.2. The third-order valence-electron chi connectivity index (χ3n) is 4.93. The van der Waals surface area contributed by atoms with Crippen LogP contribution in [-0.4, -0.2) is 22.9 Å². The van der Waals surface area contributed by atoms with E-state index in [-0.39, 0.29) is 0 Å². The lowest BCUT2D eigenvalue weighted by atomic mass is 10.2. The van der Waals surface area contributed by atoms with Crippen molar-refractivity contribution in [2.24, 2.45) is 5.10 Å². The molecule has 6 nitrogen and oxygen atoms in total. The summed E-state index contributed by atoms with van der Waals surface area (Å²) in [6, 6.07) is 19.5. The molecule has 0 amide bonds. The first-order valence-electron chi connectivity index (χ1n) is 10.1. The minimum absolute atomic E-state index is 0.355. The number of methoxy groups -OCH3 is 1. The van der Waals surface area contributed by atoms with Crippen LogP contribution in [0.4, 0.5) is 5.95 Å². The van der Waals surface area contributed by atoms with Gasteiger partial charge >= 0.3 is 0 Å². The van der Waals surface area contributed by atoms with Gasteiger partial charge in [-0.05, 0) is 65.4 Å². The molecule has 3 aromatic carbocycles. The van der Waals surface area contributed by atoms with E-state index < -0.39 is 0 Å². The molecule has 1 heterocycles. The number of hydrogen-bond donors (Lipinski definition) is 1. The third kappa shape index (κ3) is 4.83. The Morgan fingerprint density at radius 3 is 2.72 bits per heavy atom. The number of hydrazone groups is 1. The molecule has 1 N–H and O–H groups in total. The molecule has 0 saturated carbocycles. The van der Waals surface area contributed by atoms with Gasteiger partial charge < -0.3 is 14.0 Å². The molecule has 0 atom stereocenters. The summed E-state index contributed by atoms with van der Waals surface area (Å²) < 4.78 is 14.6. The maximum Gasteiger partial charge on any atom is 0.224 e. The SMILES string of the molecule is CCn1c(N/N=C\c2cc(I)c(OCc3ccccc3Cl)c(OC)c2)nc2ccccc21. The van der Waals surface area contributed by atoms with E-state index in [9.17, 15) is 0 Å². The van der Waals surface area contributed by atoms with Crippen molar-refractivity contribution >= 4 is 57.4 Å². The topological polar surface area (TPSA) is 60.7 Å². The van der Waals surface area contributed by atoms with Gasteiger partial charge in [-0.2, -0.15) is 5.10 Å².